The van der Waals surface area contributed by atoms with Gasteiger partial charge in [-0.2, -0.15) is 0 Å². The van der Waals surface area contributed by atoms with Gasteiger partial charge in [0.2, 0.25) is 5.95 Å². The van der Waals surface area contributed by atoms with Crippen LogP contribution in [0.5, 0.6) is 0 Å². The molecule has 208 valence electrons. The summed E-state index contributed by atoms with van der Waals surface area (Å²) in [5.41, 5.74) is 11.3. The second kappa shape index (κ2) is 9.23. The van der Waals surface area contributed by atoms with Crippen LogP contribution in [0.1, 0.15) is 25.0 Å². The Kier molecular flexibility index (Phi) is 5.24. The van der Waals surface area contributed by atoms with Crippen LogP contribution in [0.15, 0.2) is 140 Å². The predicted molar refractivity (Wildman–Crippen MR) is 182 cm³/mol. The zero-order valence-corrected chi connectivity index (χ0v) is 24.6. The summed E-state index contributed by atoms with van der Waals surface area (Å²) in [5, 5.41) is 5.01. The van der Waals surface area contributed by atoms with E-state index in [2.05, 4.69) is 146 Å². The third-order valence-corrected chi connectivity index (χ3v) is 9.38. The Morgan fingerprint density at radius 1 is 0.545 bits per heavy atom. The van der Waals surface area contributed by atoms with E-state index in [0.717, 1.165) is 28.0 Å². The van der Waals surface area contributed by atoms with E-state index in [0.29, 0.717) is 5.95 Å². The molecule has 0 unspecified atom stereocenters. The molecule has 1 aliphatic carbocycles. The maximum Gasteiger partial charge on any atom is 0.235 e. The van der Waals surface area contributed by atoms with Crippen LogP contribution in [0.4, 0.5) is 0 Å². The fourth-order valence-corrected chi connectivity index (χ4v) is 7.45. The SMILES string of the molecule is CC1(C)c2ccccc2-c2c1c1c(c3ccccc23)c2ccccc2n1-c1nc(-c2ccccc2)cc(-c2ccccc2)n1. The number of para-hydroxylation sites is 1. The van der Waals surface area contributed by atoms with Crippen molar-refractivity contribution in [3.05, 3.63) is 151 Å². The van der Waals surface area contributed by atoms with E-state index in [9.17, 15) is 0 Å². The fourth-order valence-electron chi connectivity index (χ4n) is 7.45. The summed E-state index contributed by atoms with van der Waals surface area (Å²) >= 11 is 0. The molecule has 8 aromatic rings. The van der Waals surface area contributed by atoms with Gasteiger partial charge in [0.1, 0.15) is 0 Å². The molecular formula is C41H29N3. The molecule has 0 N–H and O–H groups in total. The first-order valence-corrected chi connectivity index (χ1v) is 15.2. The van der Waals surface area contributed by atoms with Crippen molar-refractivity contribution in [2.24, 2.45) is 0 Å². The smallest absolute Gasteiger partial charge is 0.235 e. The zero-order chi connectivity index (χ0) is 29.4. The highest BCUT2D eigenvalue weighted by Crippen LogP contribution is 2.56. The van der Waals surface area contributed by atoms with Gasteiger partial charge in [-0.25, -0.2) is 9.97 Å². The molecule has 44 heavy (non-hydrogen) atoms. The van der Waals surface area contributed by atoms with Gasteiger partial charge in [-0.1, -0.05) is 141 Å². The first kappa shape index (κ1) is 25.0. The van der Waals surface area contributed by atoms with Gasteiger partial charge in [0.25, 0.3) is 0 Å². The molecular weight excluding hydrogens is 534 g/mol. The van der Waals surface area contributed by atoms with Crippen LogP contribution in [0.25, 0.3) is 72.2 Å². The minimum atomic E-state index is -0.223. The fraction of sp³-hybridized carbons (Fsp3) is 0.0732. The molecule has 1 aliphatic rings. The molecule has 0 aliphatic heterocycles. The van der Waals surface area contributed by atoms with Crippen LogP contribution in [0.2, 0.25) is 0 Å². The van der Waals surface area contributed by atoms with Gasteiger partial charge in [0.05, 0.1) is 22.4 Å². The maximum atomic E-state index is 5.33. The van der Waals surface area contributed by atoms with Gasteiger partial charge in [-0.05, 0) is 45.2 Å². The van der Waals surface area contributed by atoms with Crippen molar-refractivity contribution in [2.45, 2.75) is 19.3 Å². The summed E-state index contributed by atoms with van der Waals surface area (Å²) in [6.07, 6.45) is 0. The number of hydrogen-bond donors (Lipinski definition) is 0. The summed E-state index contributed by atoms with van der Waals surface area (Å²) in [4.78, 5) is 10.7. The Bertz CT molecular complexity index is 2340. The Morgan fingerprint density at radius 3 is 1.77 bits per heavy atom. The lowest BCUT2D eigenvalue weighted by Crippen LogP contribution is -2.17. The highest BCUT2D eigenvalue weighted by molar-refractivity contribution is 6.26. The molecule has 0 saturated carbocycles. The van der Waals surface area contributed by atoms with E-state index < -0.39 is 0 Å². The van der Waals surface area contributed by atoms with Crippen molar-refractivity contribution in [3.63, 3.8) is 0 Å². The second-order valence-corrected chi connectivity index (χ2v) is 12.2. The average Bonchev–Trinajstić information content (AvgIpc) is 3.55. The molecule has 2 heterocycles. The number of hydrogen-bond acceptors (Lipinski definition) is 2. The van der Waals surface area contributed by atoms with Crippen molar-refractivity contribution >= 4 is 32.6 Å². The van der Waals surface area contributed by atoms with E-state index >= 15 is 0 Å². The lowest BCUT2D eigenvalue weighted by Gasteiger charge is -2.24. The van der Waals surface area contributed by atoms with Gasteiger partial charge in [-0.3, -0.25) is 4.57 Å². The lowest BCUT2D eigenvalue weighted by molar-refractivity contribution is 0.664. The first-order valence-electron chi connectivity index (χ1n) is 15.2. The quantitative estimate of drug-likeness (QED) is 0.214. The summed E-state index contributed by atoms with van der Waals surface area (Å²) < 4.78 is 2.34. The molecule has 0 saturated heterocycles. The van der Waals surface area contributed by atoms with Gasteiger partial charge in [-0.15, -0.1) is 0 Å². The van der Waals surface area contributed by atoms with Crippen molar-refractivity contribution in [1.82, 2.24) is 14.5 Å². The van der Waals surface area contributed by atoms with Crippen molar-refractivity contribution < 1.29 is 0 Å². The Hall–Kier alpha value is -5.54. The van der Waals surface area contributed by atoms with Gasteiger partial charge >= 0.3 is 0 Å². The van der Waals surface area contributed by atoms with Crippen LogP contribution in [-0.4, -0.2) is 14.5 Å². The average molecular weight is 564 g/mol. The third-order valence-electron chi connectivity index (χ3n) is 9.38. The molecule has 3 heteroatoms. The minimum absolute atomic E-state index is 0.223. The molecule has 9 rings (SSSR count). The molecule has 2 aromatic heterocycles. The molecule has 0 amide bonds. The van der Waals surface area contributed by atoms with E-state index in [1.165, 1.54) is 49.3 Å². The third kappa shape index (κ3) is 3.44. The maximum absolute atomic E-state index is 5.33. The van der Waals surface area contributed by atoms with Crippen LogP contribution in [-0.2, 0) is 5.41 Å². The van der Waals surface area contributed by atoms with Crippen molar-refractivity contribution in [2.75, 3.05) is 0 Å². The molecule has 0 spiro atoms. The number of nitrogens with zero attached hydrogens (tertiary/aromatic N) is 3. The number of fused-ring (bicyclic) bond motifs is 10. The molecule has 0 atom stereocenters. The highest BCUT2D eigenvalue weighted by Gasteiger charge is 2.40. The summed E-state index contributed by atoms with van der Waals surface area (Å²) in [6, 6.07) is 49.5. The Balaban J connectivity index is 1.49. The van der Waals surface area contributed by atoms with E-state index in [-0.39, 0.29) is 5.41 Å². The van der Waals surface area contributed by atoms with E-state index in [4.69, 9.17) is 9.97 Å². The van der Waals surface area contributed by atoms with E-state index in [1.54, 1.807) is 0 Å². The van der Waals surface area contributed by atoms with Crippen LogP contribution in [0.3, 0.4) is 0 Å². The predicted octanol–water partition coefficient (Wildman–Crippen LogP) is 10.4. The molecule has 0 bridgehead atoms. The number of benzene rings is 6. The zero-order valence-electron chi connectivity index (χ0n) is 24.6. The Labute approximate surface area is 256 Å². The molecule has 3 nitrogen and oxygen atoms in total. The lowest BCUT2D eigenvalue weighted by atomic mass is 9.80. The highest BCUT2D eigenvalue weighted by atomic mass is 15.2. The topological polar surface area (TPSA) is 30.7 Å². The normalized spacial score (nSPS) is 13.4. The van der Waals surface area contributed by atoms with Gasteiger partial charge < -0.3 is 0 Å². The van der Waals surface area contributed by atoms with Gasteiger partial charge in [0.15, 0.2) is 0 Å². The van der Waals surface area contributed by atoms with Crippen molar-refractivity contribution in [3.8, 4) is 39.6 Å². The first-order chi connectivity index (χ1) is 21.6. The summed E-state index contributed by atoms with van der Waals surface area (Å²) in [7, 11) is 0. The summed E-state index contributed by atoms with van der Waals surface area (Å²) in [5.74, 6) is 0.681. The molecule has 6 aromatic carbocycles. The van der Waals surface area contributed by atoms with Crippen molar-refractivity contribution in [1.29, 1.82) is 0 Å². The van der Waals surface area contributed by atoms with Crippen LogP contribution in [0, 0.1) is 0 Å². The second-order valence-electron chi connectivity index (χ2n) is 12.2. The number of aromatic nitrogens is 3. The van der Waals surface area contributed by atoms with E-state index in [1.807, 2.05) is 12.1 Å². The number of rotatable bonds is 3. The van der Waals surface area contributed by atoms with Crippen LogP contribution >= 0.6 is 0 Å². The monoisotopic (exact) mass is 563 g/mol. The molecule has 0 fully saturated rings. The Morgan fingerprint density at radius 2 is 1.09 bits per heavy atom. The minimum Gasteiger partial charge on any atom is -0.278 e. The standard InChI is InChI=1S/C41H29N3/c1-41(2)32-23-13-11-21-30(32)36-28-19-9-10-20-29(28)37-31-22-12-14-24-35(31)44(39(37)38(36)41)40-42-33(26-15-5-3-6-16-26)25-34(43-40)27-17-7-4-8-18-27/h3-25H,1-2H3. The summed E-state index contributed by atoms with van der Waals surface area (Å²) in [6.45, 7) is 4.73. The van der Waals surface area contributed by atoms with Gasteiger partial charge in [0, 0.05) is 27.3 Å². The largest absolute Gasteiger partial charge is 0.278 e. The molecule has 0 radical (unpaired) electrons. The van der Waals surface area contributed by atoms with Crippen LogP contribution < -0.4 is 0 Å².